The number of nitrogens with one attached hydrogen (secondary N) is 2. The normalized spacial score (nSPS) is 10.1. The first-order chi connectivity index (χ1) is 10.0. The minimum atomic E-state index is -0.546. The molecule has 0 aromatic heterocycles. The van der Waals surface area contributed by atoms with Gasteiger partial charge in [-0.2, -0.15) is 0 Å². The molecule has 0 saturated heterocycles. The monoisotopic (exact) mass is 308 g/mol. The fourth-order valence-electron chi connectivity index (χ4n) is 1.86. The molecule has 0 saturated carbocycles. The molecule has 4 nitrogen and oxygen atoms in total. The molecule has 2 aromatic carbocycles. The number of anilines is 2. The van der Waals surface area contributed by atoms with Gasteiger partial charge in [0, 0.05) is 29.5 Å². The Kier molecular flexibility index (Phi) is 4.65. The first kappa shape index (κ1) is 15.1. The smallest absolute Gasteiger partial charge is 0.257 e. The Hall–Kier alpha value is -2.27. The lowest BCUT2D eigenvalue weighted by molar-refractivity contribution is 0.102. The number of carbonyl (C=O) groups is 1. The quantitative estimate of drug-likeness (QED) is 0.903. The predicted molar refractivity (Wildman–Crippen MR) is 81.9 cm³/mol. The Morgan fingerprint density at radius 1 is 1.24 bits per heavy atom. The molecule has 6 heteroatoms. The molecule has 0 fully saturated rings. The van der Waals surface area contributed by atoms with E-state index in [1.165, 1.54) is 19.2 Å². The molecule has 0 aliphatic carbocycles. The van der Waals surface area contributed by atoms with Crippen LogP contribution >= 0.6 is 11.6 Å². The van der Waals surface area contributed by atoms with E-state index in [2.05, 4.69) is 10.6 Å². The summed E-state index contributed by atoms with van der Waals surface area (Å²) in [5, 5.41) is 5.97. The van der Waals surface area contributed by atoms with Gasteiger partial charge in [-0.1, -0.05) is 11.6 Å². The van der Waals surface area contributed by atoms with Crippen molar-refractivity contribution in [1.29, 1.82) is 0 Å². The molecule has 0 spiro atoms. The molecule has 0 aliphatic rings. The van der Waals surface area contributed by atoms with Gasteiger partial charge in [0.05, 0.1) is 12.7 Å². The summed E-state index contributed by atoms with van der Waals surface area (Å²) in [5.74, 6) is -0.812. The number of ether oxygens (including phenoxy) is 1. The lowest BCUT2D eigenvalue weighted by Gasteiger charge is -2.11. The molecule has 2 N–H and O–H groups in total. The number of benzene rings is 2. The Bertz CT molecular complexity index is 677. The maximum atomic E-state index is 13.6. The summed E-state index contributed by atoms with van der Waals surface area (Å²) >= 11 is 5.90. The maximum absolute atomic E-state index is 13.6. The lowest BCUT2D eigenvalue weighted by Crippen LogP contribution is -2.14. The van der Waals surface area contributed by atoms with Crippen molar-refractivity contribution in [2.75, 3.05) is 24.8 Å². The fourth-order valence-corrected chi connectivity index (χ4v) is 2.04. The molecule has 0 radical (unpaired) electrons. The van der Waals surface area contributed by atoms with E-state index in [0.29, 0.717) is 22.0 Å². The van der Waals surface area contributed by atoms with Crippen molar-refractivity contribution < 1.29 is 13.9 Å². The zero-order valence-corrected chi connectivity index (χ0v) is 12.3. The summed E-state index contributed by atoms with van der Waals surface area (Å²) in [5.41, 5.74) is 1.34. The molecule has 2 aromatic rings. The van der Waals surface area contributed by atoms with Gasteiger partial charge < -0.3 is 15.4 Å². The van der Waals surface area contributed by atoms with E-state index in [1.807, 2.05) is 0 Å². The van der Waals surface area contributed by atoms with Gasteiger partial charge >= 0.3 is 0 Å². The highest BCUT2D eigenvalue weighted by molar-refractivity contribution is 6.31. The van der Waals surface area contributed by atoms with Crippen LogP contribution in [0, 0.1) is 5.82 Å². The Morgan fingerprint density at radius 2 is 2.00 bits per heavy atom. The Balaban J connectivity index is 2.26. The number of halogens is 2. The third kappa shape index (κ3) is 3.44. The fraction of sp³-hybridized carbons (Fsp3) is 0.133. The van der Waals surface area contributed by atoms with Gasteiger partial charge in [0.1, 0.15) is 0 Å². The zero-order valence-electron chi connectivity index (χ0n) is 11.5. The molecule has 21 heavy (non-hydrogen) atoms. The van der Waals surface area contributed by atoms with E-state index in [9.17, 15) is 9.18 Å². The topological polar surface area (TPSA) is 50.4 Å². The van der Waals surface area contributed by atoms with Crippen molar-refractivity contribution in [3.05, 3.63) is 52.8 Å². The summed E-state index contributed by atoms with van der Waals surface area (Å²) in [6, 6.07) is 9.12. The number of hydrogen-bond acceptors (Lipinski definition) is 3. The summed E-state index contributed by atoms with van der Waals surface area (Å²) < 4.78 is 18.4. The number of carbonyl (C=O) groups excluding carboxylic acids is 1. The Labute approximate surface area is 126 Å². The summed E-state index contributed by atoms with van der Waals surface area (Å²) in [6.45, 7) is 0. The van der Waals surface area contributed by atoms with E-state index in [4.69, 9.17) is 16.3 Å². The van der Waals surface area contributed by atoms with Gasteiger partial charge in [-0.05, 0) is 30.3 Å². The Morgan fingerprint density at radius 3 is 2.62 bits per heavy atom. The van der Waals surface area contributed by atoms with E-state index in [1.54, 1.807) is 31.3 Å². The second kappa shape index (κ2) is 6.45. The van der Waals surface area contributed by atoms with E-state index >= 15 is 0 Å². The standard InChI is InChI=1S/C15H14ClFN2O2/c1-18-13-5-3-9(16)7-11(13)15(20)19-10-4-6-14(21-2)12(17)8-10/h3-8,18H,1-2H3,(H,19,20). The molecule has 1 amide bonds. The number of hydrogen-bond donors (Lipinski definition) is 2. The molecule has 110 valence electrons. The van der Waals surface area contributed by atoms with Crippen LogP contribution in [0.5, 0.6) is 5.75 Å². The van der Waals surface area contributed by atoms with Crippen molar-refractivity contribution in [3.63, 3.8) is 0 Å². The highest BCUT2D eigenvalue weighted by Gasteiger charge is 2.13. The van der Waals surface area contributed by atoms with Crippen LogP contribution in [0.15, 0.2) is 36.4 Å². The van der Waals surface area contributed by atoms with Gasteiger partial charge in [-0.25, -0.2) is 4.39 Å². The first-order valence-corrected chi connectivity index (χ1v) is 6.55. The summed E-state index contributed by atoms with van der Waals surface area (Å²) in [6.07, 6.45) is 0. The number of methoxy groups -OCH3 is 1. The molecule has 0 aliphatic heterocycles. The van der Waals surface area contributed by atoms with E-state index < -0.39 is 5.82 Å². The van der Waals surface area contributed by atoms with Crippen LogP contribution in [0.3, 0.4) is 0 Å². The average molecular weight is 309 g/mol. The SMILES string of the molecule is CNc1ccc(Cl)cc1C(=O)Nc1ccc(OC)c(F)c1. The minimum absolute atomic E-state index is 0.117. The second-order valence-corrected chi connectivity index (χ2v) is 4.68. The third-order valence-electron chi connectivity index (χ3n) is 2.91. The van der Waals surface area contributed by atoms with Gasteiger partial charge in [0.2, 0.25) is 0 Å². The molecule has 0 atom stereocenters. The second-order valence-electron chi connectivity index (χ2n) is 4.24. The zero-order chi connectivity index (χ0) is 15.4. The van der Waals surface area contributed by atoms with Crippen molar-refractivity contribution in [1.82, 2.24) is 0 Å². The molecule has 0 unspecified atom stereocenters. The maximum Gasteiger partial charge on any atom is 0.257 e. The molecule has 2 rings (SSSR count). The lowest BCUT2D eigenvalue weighted by atomic mass is 10.1. The van der Waals surface area contributed by atoms with Crippen LogP contribution < -0.4 is 15.4 Å². The molecule has 0 bridgehead atoms. The molecular formula is C15H14ClFN2O2. The predicted octanol–water partition coefficient (Wildman–Crippen LogP) is 3.78. The van der Waals surface area contributed by atoms with Crippen LogP contribution in [0.4, 0.5) is 15.8 Å². The van der Waals surface area contributed by atoms with Crippen molar-refractivity contribution in [2.24, 2.45) is 0 Å². The van der Waals surface area contributed by atoms with Crippen molar-refractivity contribution >= 4 is 28.9 Å². The van der Waals surface area contributed by atoms with Gasteiger partial charge in [0.25, 0.3) is 5.91 Å². The summed E-state index contributed by atoms with van der Waals surface area (Å²) in [7, 11) is 3.08. The van der Waals surface area contributed by atoms with Crippen molar-refractivity contribution in [2.45, 2.75) is 0 Å². The van der Waals surface area contributed by atoms with Crippen LogP contribution in [0.25, 0.3) is 0 Å². The highest BCUT2D eigenvalue weighted by Crippen LogP contribution is 2.24. The number of amides is 1. The van der Waals surface area contributed by atoms with Gasteiger partial charge in [-0.3, -0.25) is 4.79 Å². The first-order valence-electron chi connectivity index (χ1n) is 6.17. The van der Waals surface area contributed by atoms with Crippen LogP contribution in [-0.2, 0) is 0 Å². The molecule has 0 heterocycles. The van der Waals surface area contributed by atoms with Crippen LogP contribution in [0.1, 0.15) is 10.4 Å². The highest BCUT2D eigenvalue weighted by atomic mass is 35.5. The van der Waals surface area contributed by atoms with Crippen LogP contribution in [0.2, 0.25) is 5.02 Å². The summed E-state index contributed by atoms with van der Waals surface area (Å²) in [4.78, 5) is 12.2. The van der Waals surface area contributed by atoms with Crippen LogP contribution in [-0.4, -0.2) is 20.1 Å². The minimum Gasteiger partial charge on any atom is -0.494 e. The van der Waals surface area contributed by atoms with Gasteiger partial charge in [-0.15, -0.1) is 0 Å². The number of rotatable bonds is 4. The van der Waals surface area contributed by atoms with Crippen molar-refractivity contribution in [3.8, 4) is 5.75 Å². The van der Waals surface area contributed by atoms with E-state index in [0.717, 1.165) is 0 Å². The van der Waals surface area contributed by atoms with Gasteiger partial charge in [0.15, 0.2) is 11.6 Å². The van der Waals surface area contributed by atoms with E-state index in [-0.39, 0.29) is 11.7 Å². The molecular weight excluding hydrogens is 295 g/mol. The largest absolute Gasteiger partial charge is 0.494 e. The third-order valence-corrected chi connectivity index (χ3v) is 3.14. The average Bonchev–Trinajstić information content (AvgIpc) is 2.47.